The Bertz CT molecular complexity index is 1490. The van der Waals surface area contributed by atoms with Gasteiger partial charge in [0.05, 0.1) is 24.4 Å². The van der Waals surface area contributed by atoms with Crippen LogP contribution in [0.4, 0.5) is 8.78 Å². The molecule has 0 bridgehead atoms. The monoisotopic (exact) mass is 486 g/mol. The van der Waals surface area contributed by atoms with Crippen LogP contribution >= 0.6 is 0 Å². The number of hydrogen-bond donors (Lipinski definition) is 2. The number of aromatic nitrogens is 3. The number of nitrogens with one attached hydrogen (secondary N) is 2. The third kappa shape index (κ3) is 4.13. The minimum absolute atomic E-state index is 0.0991. The van der Waals surface area contributed by atoms with E-state index in [9.17, 15) is 8.42 Å². The number of alkyl halides is 1. The fraction of sp³-hybridized carbons (Fsp3) is 0.217. The largest absolute Gasteiger partial charge is 0.479 e. The summed E-state index contributed by atoms with van der Waals surface area (Å²) >= 11 is 0. The van der Waals surface area contributed by atoms with E-state index in [1.54, 1.807) is 24.3 Å². The van der Waals surface area contributed by atoms with Gasteiger partial charge in [-0.1, -0.05) is 30.0 Å². The Morgan fingerprint density at radius 2 is 1.97 bits per heavy atom. The summed E-state index contributed by atoms with van der Waals surface area (Å²) in [6, 6.07) is 8.06. The van der Waals surface area contributed by atoms with E-state index < -0.39 is 27.6 Å². The van der Waals surface area contributed by atoms with Crippen molar-refractivity contribution in [1.82, 2.24) is 19.9 Å². The average molecular weight is 487 g/mol. The number of methoxy groups -OCH3 is 2. The van der Waals surface area contributed by atoms with Crippen LogP contribution in [0.5, 0.6) is 5.88 Å². The number of pyridine rings is 1. The van der Waals surface area contributed by atoms with E-state index in [0.29, 0.717) is 22.5 Å². The first-order chi connectivity index (χ1) is 16.2. The molecule has 2 unspecified atom stereocenters. The fourth-order valence-corrected chi connectivity index (χ4v) is 4.35. The maximum Gasteiger partial charge on any atom is 0.242 e. The van der Waals surface area contributed by atoms with Gasteiger partial charge in [-0.15, -0.1) is 5.10 Å². The van der Waals surface area contributed by atoms with Crippen LogP contribution in [0.3, 0.4) is 0 Å². The van der Waals surface area contributed by atoms with Crippen molar-refractivity contribution in [2.45, 2.75) is 11.8 Å². The van der Waals surface area contributed by atoms with E-state index in [2.05, 4.69) is 31.7 Å². The van der Waals surface area contributed by atoms with Crippen LogP contribution in [-0.2, 0) is 20.4 Å². The summed E-state index contributed by atoms with van der Waals surface area (Å²) in [6.45, 7) is 0. The van der Waals surface area contributed by atoms with Gasteiger partial charge in [0.2, 0.25) is 15.9 Å². The fourth-order valence-electron chi connectivity index (χ4n) is 3.75. The molecule has 0 fully saturated rings. The Balaban J connectivity index is 1.80. The van der Waals surface area contributed by atoms with Crippen molar-refractivity contribution < 1.29 is 26.7 Å². The number of halogens is 2. The van der Waals surface area contributed by atoms with E-state index in [1.165, 1.54) is 19.4 Å². The second-order valence-corrected chi connectivity index (χ2v) is 9.21. The van der Waals surface area contributed by atoms with Gasteiger partial charge in [0.15, 0.2) is 17.4 Å². The van der Waals surface area contributed by atoms with Gasteiger partial charge in [0.1, 0.15) is 5.83 Å². The number of ether oxygens (including phenoxy) is 2. The summed E-state index contributed by atoms with van der Waals surface area (Å²) in [7, 11) is -1.18. The zero-order chi connectivity index (χ0) is 24.5. The molecule has 0 aliphatic heterocycles. The van der Waals surface area contributed by atoms with Crippen molar-refractivity contribution in [2.75, 3.05) is 20.5 Å². The Morgan fingerprint density at radius 1 is 1.21 bits per heavy atom. The molecule has 0 saturated heterocycles. The molecular formula is C23H20F2N4O4S. The molecule has 1 aliphatic rings. The first-order valence-electron chi connectivity index (χ1n) is 9.94. The van der Waals surface area contributed by atoms with Crippen LogP contribution in [0.2, 0.25) is 0 Å². The van der Waals surface area contributed by atoms with Gasteiger partial charge in [0.25, 0.3) is 0 Å². The Morgan fingerprint density at radius 3 is 2.68 bits per heavy atom. The number of aromatic amines is 1. The minimum atomic E-state index is -3.81. The molecule has 0 amide bonds. The molecule has 8 nitrogen and oxygen atoms in total. The highest BCUT2D eigenvalue weighted by Crippen LogP contribution is 2.45. The highest BCUT2D eigenvalue weighted by Gasteiger charge is 2.51. The highest BCUT2D eigenvalue weighted by atomic mass is 32.2. The number of nitrogens with zero attached hydrogens (tertiary/aromatic N) is 2. The maximum absolute atomic E-state index is 15.7. The van der Waals surface area contributed by atoms with E-state index in [-0.39, 0.29) is 16.8 Å². The number of hydrogen-bond acceptors (Lipinski definition) is 6. The summed E-state index contributed by atoms with van der Waals surface area (Å²) in [6.07, 6.45) is 2.22. The Hall–Kier alpha value is -3.75. The molecule has 11 heteroatoms. The molecule has 1 aromatic carbocycles. The Kier molecular flexibility index (Phi) is 6.12. The molecule has 0 radical (unpaired) electrons. The quantitative estimate of drug-likeness (QED) is 0.538. The van der Waals surface area contributed by atoms with Crippen molar-refractivity contribution in [3.05, 3.63) is 76.9 Å². The second-order valence-electron chi connectivity index (χ2n) is 7.46. The van der Waals surface area contributed by atoms with Crippen LogP contribution in [0, 0.1) is 11.8 Å². The first-order valence-corrected chi connectivity index (χ1v) is 11.8. The standard InChI is InChI=1S/C23H20F2N4O4S/c1-32-22-16-12-14(13-26-21(16)27-28-22)8-9-15-6-4-5-7-17(15)23(33-2)19(24)11-10-18(20(23)25)29-34(3,30)31/h4-7,10-13,20,29H,1-3H3,(H,26,27,28). The molecule has 2 heterocycles. The maximum atomic E-state index is 15.7. The van der Waals surface area contributed by atoms with Crippen LogP contribution in [0.1, 0.15) is 16.7 Å². The number of allylic oxidation sites excluding steroid dienone is 2. The predicted octanol–water partition coefficient (Wildman–Crippen LogP) is 2.85. The zero-order valence-corrected chi connectivity index (χ0v) is 19.2. The van der Waals surface area contributed by atoms with Gasteiger partial charge >= 0.3 is 0 Å². The average Bonchev–Trinajstić information content (AvgIpc) is 3.22. The van der Waals surface area contributed by atoms with Crippen molar-refractivity contribution in [3.63, 3.8) is 0 Å². The lowest BCUT2D eigenvalue weighted by Gasteiger charge is -2.38. The zero-order valence-electron chi connectivity index (χ0n) is 18.4. The third-order valence-corrected chi connectivity index (χ3v) is 5.87. The molecule has 4 rings (SSSR count). The minimum Gasteiger partial charge on any atom is -0.479 e. The van der Waals surface area contributed by atoms with Gasteiger partial charge in [-0.2, -0.15) is 0 Å². The molecule has 176 valence electrons. The van der Waals surface area contributed by atoms with Crippen molar-refractivity contribution in [2.24, 2.45) is 0 Å². The van der Waals surface area contributed by atoms with Crippen LogP contribution in [0.15, 0.2) is 60.2 Å². The molecule has 0 spiro atoms. The highest BCUT2D eigenvalue weighted by molar-refractivity contribution is 7.88. The van der Waals surface area contributed by atoms with Crippen LogP contribution < -0.4 is 9.46 Å². The topological polar surface area (TPSA) is 106 Å². The van der Waals surface area contributed by atoms with E-state index >= 15 is 8.78 Å². The third-order valence-electron chi connectivity index (χ3n) is 5.26. The predicted molar refractivity (Wildman–Crippen MR) is 122 cm³/mol. The van der Waals surface area contributed by atoms with Gasteiger partial charge in [-0.25, -0.2) is 22.2 Å². The van der Waals surface area contributed by atoms with E-state index in [0.717, 1.165) is 25.5 Å². The van der Waals surface area contributed by atoms with Gasteiger partial charge < -0.3 is 9.47 Å². The molecular weight excluding hydrogens is 466 g/mol. The number of fused-ring (bicyclic) bond motifs is 1. The molecule has 1 aliphatic carbocycles. The van der Waals surface area contributed by atoms with E-state index in [4.69, 9.17) is 9.47 Å². The summed E-state index contributed by atoms with van der Waals surface area (Å²) in [5, 5.41) is 7.37. The normalized spacial score (nSPS) is 20.2. The molecule has 0 saturated carbocycles. The lowest BCUT2D eigenvalue weighted by molar-refractivity contribution is -0.0522. The Labute approximate surface area is 194 Å². The van der Waals surface area contributed by atoms with Gasteiger partial charge in [-0.3, -0.25) is 9.82 Å². The summed E-state index contributed by atoms with van der Waals surface area (Å²) in [5.74, 6) is 5.29. The molecule has 34 heavy (non-hydrogen) atoms. The summed E-state index contributed by atoms with van der Waals surface area (Å²) in [5.41, 5.74) is -1.16. The molecule has 3 aromatic rings. The number of benzene rings is 1. The van der Waals surface area contributed by atoms with Crippen LogP contribution in [-0.4, -0.2) is 50.2 Å². The summed E-state index contributed by atoms with van der Waals surface area (Å²) < 4.78 is 67.0. The molecule has 2 atom stereocenters. The SMILES string of the molecule is COc1n[nH]c2ncc(C#Cc3ccccc3C3(OC)C(F)=CC=C(NS(C)(=O)=O)C3F)cc12. The number of H-pyrrole nitrogens is 1. The first kappa shape index (κ1) is 23.4. The number of sulfonamides is 1. The van der Waals surface area contributed by atoms with Gasteiger partial charge in [-0.05, 0) is 24.3 Å². The van der Waals surface area contributed by atoms with E-state index in [1.807, 2.05) is 0 Å². The lowest BCUT2D eigenvalue weighted by Crippen LogP contribution is -2.46. The molecule has 2 N–H and O–H groups in total. The smallest absolute Gasteiger partial charge is 0.242 e. The van der Waals surface area contributed by atoms with Crippen LogP contribution in [0.25, 0.3) is 11.0 Å². The number of rotatable bonds is 5. The van der Waals surface area contributed by atoms with Gasteiger partial charge in [0, 0.05) is 30.0 Å². The van der Waals surface area contributed by atoms with Crippen molar-refractivity contribution in [1.29, 1.82) is 0 Å². The lowest BCUT2D eigenvalue weighted by atomic mass is 9.80. The molecule has 2 aromatic heterocycles. The van der Waals surface area contributed by atoms with Crippen molar-refractivity contribution >= 4 is 21.1 Å². The second kappa shape index (κ2) is 8.89. The summed E-state index contributed by atoms with van der Waals surface area (Å²) in [4.78, 5) is 4.25. The van der Waals surface area contributed by atoms with Crippen molar-refractivity contribution in [3.8, 4) is 17.7 Å².